The van der Waals surface area contributed by atoms with Crippen LogP contribution in [0, 0.1) is 0 Å². The van der Waals surface area contributed by atoms with Gasteiger partial charge in [0.05, 0.1) is 0 Å². The number of hydrogen-bond donors (Lipinski definition) is 0. The lowest BCUT2D eigenvalue weighted by Crippen LogP contribution is -2.17. The SMILES string of the molecule is C=CC(=O)OC1CCCCCCCCCCC1. The van der Waals surface area contributed by atoms with Crippen LogP contribution in [-0.2, 0) is 9.53 Å². The average molecular weight is 238 g/mol. The molecule has 0 saturated heterocycles. The molecule has 2 nitrogen and oxygen atoms in total. The zero-order valence-electron chi connectivity index (χ0n) is 11.0. The van der Waals surface area contributed by atoms with Crippen LogP contribution in [0.4, 0.5) is 0 Å². The molecule has 0 N–H and O–H groups in total. The monoisotopic (exact) mass is 238 g/mol. The first-order valence-electron chi connectivity index (χ1n) is 7.16. The van der Waals surface area contributed by atoms with E-state index in [1.807, 2.05) is 0 Å². The van der Waals surface area contributed by atoms with Crippen molar-refractivity contribution in [2.75, 3.05) is 0 Å². The van der Waals surface area contributed by atoms with Crippen molar-refractivity contribution in [2.45, 2.75) is 76.7 Å². The molecule has 0 heterocycles. The first kappa shape index (κ1) is 14.3. The molecule has 0 unspecified atom stereocenters. The van der Waals surface area contributed by atoms with E-state index in [1.54, 1.807) is 0 Å². The Bertz CT molecular complexity index is 211. The smallest absolute Gasteiger partial charge is 0.330 e. The van der Waals surface area contributed by atoms with Crippen LogP contribution in [0.5, 0.6) is 0 Å². The Balaban J connectivity index is 2.31. The fourth-order valence-electron chi connectivity index (χ4n) is 2.46. The standard InChI is InChI=1S/C15H26O2/c1-2-15(16)17-14-12-10-8-6-4-3-5-7-9-11-13-14/h2,14H,1,3-13H2. The van der Waals surface area contributed by atoms with Gasteiger partial charge in [-0.15, -0.1) is 0 Å². The van der Waals surface area contributed by atoms with Gasteiger partial charge in [0.15, 0.2) is 0 Å². The molecule has 2 heteroatoms. The molecule has 1 aliphatic carbocycles. The van der Waals surface area contributed by atoms with Crippen molar-refractivity contribution < 1.29 is 9.53 Å². The first-order valence-corrected chi connectivity index (χ1v) is 7.16. The maximum absolute atomic E-state index is 11.2. The summed E-state index contributed by atoms with van der Waals surface area (Å²) in [4.78, 5) is 11.2. The molecule has 1 aliphatic rings. The van der Waals surface area contributed by atoms with Gasteiger partial charge >= 0.3 is 5.97 Å². The second kappa shape index (κ2) is 9.26. The van der Waals surface area contributed by atoms with Gasteiger partial charge in [-0.25, -0.2) is 4.79 Å². The molecule has 0 aliphatic heterocycles. The van der Waals surface area contributed by atoms with Gasteiger partial charge in [0.2, 0.25) is 0 Å². The molecule has 17 heavy (non-hydrogen) atoms. The zero-order chi connectivity index (χ0) is 12.3. The van der Waals surface area contributed by atoms with Crippen molar-refractivity contribution in [1.82, 2.24) is 0 Å². The molecule has 0 radical (unpaired) electrons. The van der Waals surface area contributed by atoms with Crippen molar-refractivity contribution in [3.05, 3.63) is 12.7 Å². The highest BCUT2D eigenvalue weighted by Crippen LogP contribution is 2.18. The van der Waals surface area contributed by atoms with Crippen LogP contribution in [0.3, 0.4) is 0 Å². The average Bonchev–Trinajstić information content (AvgIpc) is 2.32. The van der Waals surface area contributed by atoms with Crippen LogP contribution in [0.2, 0.25) is 0 Å². The van der Waals surface area contributed by atoms with E-state index in [9.17, 15) is 4.79 Å². The molecule has 0 aromatic carbocycles. The maximum atomic E-state index is 11.2. The predicted molar refractivity (Wildman–Crippen MR) is 70.9 cm³/mol. The lowest BCUT2D eigenvalue weighted by atomic mass is 9.99. The highest BCUT2D eigenvalue weighted by molar-refractivity contribution is 5.81. The maximum Gasteiger partial charge on any atom is 0.330 e. The van der Waals surface area contributed by atoms with Crippen molar-refractivity contribution in [3.63, 3.8) is 0 Å². The number of esters is 1. The summed E-state index contributed by atoms with van der Waals surface area (Å²) in [5.41, 5.74) is 0. The van der Waals surface area contributed by atoms with Crippen LogP contribution in [-0.4, -0.2) is 12.1 Å². The van der Waals surface area contributed by atoms with E-state index in [-0.39, 0.29) is 12.1 Å². The van der Waals surface area contributed by atoms with Crippen LogP contribution < -0.4 is 0 Å². The summed E-state index contributed by atoms with van der Waals surface area (Å²) in [7, 11) is 0. The molecule has 0 spiro atoms. The third-order valence-electron chi connectivity index (χ3n) is 3.50. The summed E-state index contributed by atoms with van der Waals surface area (Å²) in [6.45, 7) is 3.45. The summed E-state index contributed by atoms with van der Waals surface area (Å²) < 4.78 is 5.39. The summed E-state index contributed by atoms with van der Waals surface area (Å²) in [5.74, 6) is -0.262. The summed E-state index contributed by atoms with van der Waals surface area (Å²) in [6.07, 6.45) is 15.2. The lowest BCUT2D eigenvalue weighted by Gasteiger charge is -2.17. The third-order valence-corrected chi connectivity index (χ3v) is 3.50. The lowest BCUT2D eigenvalue weighted by molar-refractivity contribution is -0.143. The fourth-order valence-corrected chi connectivity index (χ4v) is 2.46. The zero-order valence-corrected chi connectivity index (χ0v) is 11.0. The highest BCUT2D eigenvalue weighted by Gasteiger charge is 2.12. The second-order valence-corrected chi connectivity index (χ2v) is 5.02. The topological polar surface area (TPSA) is 26.3 Å². The number of ether oxygens (including phenoxy) is 1. The Morgan fingerprint density at radius 2 is 1.29 bits per heavy atom. The van der Waals surface area contributed by atoms with Crippen molar-refractivity contribution in [2.24, 2.45) is 0 Å². The van der Waals surface area contributed by atoms with Crippen molar-refractivity contribution in [3.8, 4) is 0 Å². The molecule has 98 valence electrons. The predicted octanol–water partition coefficient (Wildman–Crippen LogP) is 4.39. The van der Waals surface area contributed by atoms with Gasteiger partial charge in [-0.05, 0) is 25.7 Å². The summed E-state index contributed by atoms with van der Waals surface area (Å²) >= 11 is 0. The van der Waals surface area contributed by atoms with E-state index in [4.69, 9.17) is 4.74 Å². The van der Waals surface area contributed by atoms with E-state index in [1.165, 1.54) is 63.9 Å². The molecule has 1 rings (SSSR count). The first-order chi connectivity index (χ1) is 8.33. The minimum Gasteiger partial charge on any atom is -0.459 e. The second-order valence-electron chi connectivity index (χ2n) is 5.02. The van der Waals surface area contributed by atoms with Gasteiger partial charge in [-0.3, -0.25) is 0 Å². The van der Waals surface area contributed by atoms with Gasteiger partial charge < -0.3 is 4.74 Å². The number of hydrogen-bond acceptors (Lipinski definition) is 2. The van der Waals surface area contributed by atoms with E-state index in [2.05, 4.69) is 6.58 Å². The summed E-state index contributed by atoms with van der Waals surface area (Å²) in [5, 5.41) is 0. The Hall–Kier alpha value is -0.790. The molecule has 0 amide bonds. The highest BCUT2D eigenvalue weighted by atomic mass is 16.5. The largest absolute Gasteiger partial charge is 0.459 e. The molecule has 0 aromatic rings. The molecular formula is C15H26O2. The molecular weight excluding hydrogens is 212 g/mol. The number of carbonyl (C=O) groups is 1. The molecule has 0 atom stereocenters. The van der Waals surface area contributed by atoms with Crippen LogP contribution >= 0.6 is 0 Å². The quantitative estimate of drug-likeness (QED) is 0.527. The summed E-state index contributed by atoms with van der Waals surface area (Å²) in [6, 6.07) is 0. The van der Waals surface area contributed by atoms with Gasteiger partial charge in [-0.2, -0.15) is 0 Å². The Labute approximate surface area is 105 Å². The van der Waals surface area contributed by atoms with Gasteiger partial charge in [0.25, 0.3) is 0 Å². The van der Waals surface area contributed by atoms with Crippen LogP contribution in [0.25, 0.3) is 0 Å². The van der Waals surface area contributed by atoms with Crippen molar-refractivity contribution in [1.29, 1.82) is 0 Å². The molecule has 1 saturated carbocycles. The van der Waals surface area contributed by atoms with E-state index >= 15 is 0 Å². The third kappa shape index (κ3) is 7.19. The van der Waals surface area contributed by atoms with Crippen LogP contribution in [0.1, 0.15) is 70.6 Å². The Morgan fingerprint density at radius 3 is 1.71 bits per heavy atom. The Kier molecular flexibility index (Phi) is 7.78. The van der Waals surface area contributed by atoms with E-state index in [0.717, 1.165) is 12.8 Å². The minimum absolute atomic E-state index is 0.125. The van der Waals surface area contributed by atoms with Crippen LogP contribution in [0.15, 0.2) is 12.7 Å². The molecule has 0 aromatic heterocycles. The van der Waals surface area contributed by atoms with E-state index < -0.39 is 0 Å². The fraction of sp³-hybridized carbons (Fsp3) is 0.800. The van der Waals surface area contributed by atoms with Gasteiger partial charge in [0.1, 0.15) is 6.10 Å². The number of rotatable bonds is 2. The van der Waals surface area contributed by atoms with Crippen molar-refractivity contribution >= 4 is 5.97 Å². The van der Waals surface area contributed by atoms with Gasteiger partial charge in [-0.1, -0.05) is 51.5 Å². The molecule has 0 bridgehead atoms. The molecule has 1 fully saturated rings. The number of carbonyl (C=O) groups excluding carboxylic acids is 1. The Morgan fingerprint density at radius 1 is 0.882 bits per heavy atom. The normalized spacial score (nSPS) is 20.9. The van der Waals surface area contributed by atoms with Gasteiger partial charge in [0, 0.05) is 6.08 Å². The minimum atomic E-state index is -0.262. The van der Waals surface area contributed by atoms with E-state index in [0.29, 0.717) is 0 Å².